The van der Waals surface area contributed by atoms with E-state index in [0.29, 0.717) is 18.6 Å². The largest absolute Gasteiger partial charge is 0.385 e. The fraction of sp³-hybridized carbons (Fsp3) is 0.500. The number of carbonyl (C=O) groups excluding carboxylic acids is 2. The molecule has 0 heterocycles. The van der Waals surface area contributed by atoms with Gasteiger partial charge >= 0.3 is 0 Å². The fourth-order valence-corrected chi connectivity index (χ4v) is 7.50. The van der Waals surface area contributed by atoms with Crippen LogP contribution in [0.15, 0.2) is 53.6 Å². The lowest BCUT2D eigenvalue weighted by molar-refractivity contribution is -0.116. The Morgan fingerprint density at radius 1 is 1.17 bits per heavy atom. The minimum Gasteiger partial charge on any atom is -0.385 e. The van der Waals surface area contributed by atoms with Gasteiger partial charge in [-0.25, -0.2) is 0 Å². The monoisotopic (exact) mass is 416 g/mol. The molecule has 0 saturated heterocycles. The maximum atomic E-state index is 14.2. The van der Waals surface area contributed by atoms with E-state index in [1.54, 1.807) is 37.4 Å². The Bertz CT molecular complexity index is 864. The molecule has 0 aliphatic heterocycles. The Morgan fingerprint density at radius 2 is 1.79 bits per heavy atom. The SMILES string of the molecule is COCCC(C)CP(=O)(C(=O)c1ccccc1)C(=O)C1C(C)=CC(C)=CC1(C)C. The highest BCUT2D eigenvalue weighted by Gasteiger charge is 2.49. The van der Waals surface area contributed by atoms with Gasteiger partial charge in [-0.2, -0.15) is 0 Å². The highest BCUT2D eigenvalue weighted by atomic mass is 31.2. The van der Waals surface area contributed by atoms with E-state index in [4.69, 9.17) is 4.74 Å². The molecular formula is C24H33O4P. The van der Waals surface area contributed by atoms with Crippen LogP contribution < -0.4 is 0 Å². The summed E-state index contributed by atoms with van der Waals surface area (Å²) >= 11 is 0. The predicted molar refractivity (Wildman–Crippen MR) is 119 cm³/mol. The third-order valence-electron chi connectivity index (χ3n) is 5.59. The number of ether oxygens (including phenoxy) is 1. The second kappa shape index (κ2) is 9.36. The van der Waals surface area contributed by atoms with Gasteiger partial charge in [-0.1, -0.05) is 74.4 Å². The molecule has 0 amide bonds. The van der Waals surface area contributed by atoms with E-state index in [1.165, 1.54) is 0 Å². The molecule has 0 saturated carbocycles. The second-order valence-corrected chi connectivity index (χ2v) is 11.5. The van der Waals surface area contributed by atoms with Gasteiger partial charge in [-0.3, -0.25) is 9.59 Å². The van der Waals surface area contributed by atoms with E-state index < -0.39 is 29.5 Å². The van der Waals surface area contributed by atoms with Crippen molar-refractivity contribution in [1.82, 2.24) is 0 Å². The Kier molecular flexibility index (Phi) is 7.59. The highest BCUT2D eigenvalue weighted by Crippen LogP contribution is 2.57. The van der Waals surface area contributed by atoms with Gasteiger partial charge in [-0.05, 0) is 31.6 Å². The number of benzene rings is 1. The van der Waals surface area contributed by atoms with Gasteiger partial charge in [0.25, 0.3) is 0 Å². The van der Waals surface area contributed by atoms with E-state index in [2.05, 4.69) is 0 Å². The molecular weight excluding hydrogens is 383 g/mol. The highest BCUT2D eigenvalue weighted by molar-refractivity contribution is 7.94. The van der Waals surface area contributed by atoms with Crippen LogP contribution in [0.25, 0.3) is 0 Å². The molecule has 0 aromatic heterocycles. The van der Waals surface area contributed by atoms with Gasteiger partial charge < -0.3 is 9.30 Å². The first-order chi connectivity index (χ1) is 13.5. The summed E-state index contributed by atoms with van der Waals surface area (Å²) in [6.07, 6.45) is 4.72. The summed E-state index contributed by atoms with van der Waals surface area (Å²) in [5, 5.41) is 0. The molecule has 4 nitrogen and oxygen atoms in total. The summed E-state index contributed by atoms with van der Waals surface area (Å²) < 4.78 is 19.3. The van der Waals surface area contributed by atoms with Gasteiger partial charge in [0.1, 0.15) is 0 Å². The van der Waals surface area contributed by atoms with Gasteiger partial charge in [-0.15, -0.1) is 0 Å². The molecule has 5 heteroatoms. The van der Waals surface area contributed by atoms with Crippen LogP contribution in [0, 0.1) is 17.3 Å². The smallest absolute Gasteiger partial charge is 0.228 e. The summed E-state index contributed by atoms with van der Waals surface area (Å²) in [5.74, 6) is -0.634. The van der Waals surface area contributed by atoms with Crippen LogP contribution in [0.1, 0.15) is 51.4 Å². The maximum Gasteiger partial charge on any atom is 0.228 e. The third-order valence-corrected chi connectivity index (χ3v) is 8.61. The zero-order chi connectivity index (χ0) is 21.8. The Labute approximate surface area is 174 Å². The van der Waals surface area contributed by atoms with Crippen molar-refractivity contribution in [2.24, 2.45) is 17.3 Å². The van der Waals surface area contributed by atoms with Crippen LogP contribution in [-0.2, 0) is 14.1 Å². The van der Waals surface area contributed by atoms with E-state index in [-0.39, 0.29) is 12.1 Å². The standard InChI is InChI=1S/C24H33O4P/c1-17(12-13-28-6)16-29(27,22(25)20-10-8-7-9-11-20)23(26)21-19(3)14-18(2)15-24(21,4)5/h7-11,14-15,17,21H,12-13,16H2,1-6H3. The lowest BCUT2D eigenvalue weighted by Crippen LogP contribution is -2.35. The quantitative estimate of drug-likeness (QED) is 0.468. The number of allylic oxidation sites excluding steroid dienone is 4. The molecule has 3 unspecified atom stereocenters. The topological polar surface area (TPSA) is 60.4 Å². The van der Waals surface area contributed by atoms with Crippen molar-refractivity contribution in [3.63, 3.8) is 0 Å². The molecule has 0 fully saturated rings. The van der Waals surface area contributed by atoms with Crippen LogP contribution in [-0.4, -0.2) is 30.9 Å². The van der Waals surface area contributed by atoms with Crippen molar-refractivity contribution < 1.29 is 18.9 Å². The molecule has 0 bridgehead atoms. The molecule has 1 aromatic rings. The minimum atomic E-state index is -3.83. The van der Waals surface area contributed by atoms with E-state index in [0.717, 1.165) is 11.1 Å². The van der Waals surface area contributed by atoms with Crippen LogP contribution in [0.4, 0.5) is 0 Å². The number of rotatable bonds is 9. The van der Waals surface area contributed by atoms with Crippen LogP contribution >= 0.6 is 7.14 Å². The van der Waals surface area contributed by atoms with Gasteiger partial charge in [0.05, 0.1) is 5.92 Å². The Morgan fingerprint density at radius 3 is 2.34 bits per heavy atom. The summed E-state index contributed by atoms with van der Waals surface area (Å²) in [6, 6.07) is 8.55. The first kappa shape index (κ1) is 23.5. The van der Waals surface area contributed by atoms with Gasteiger partial charge in [0, 0.05) is 25.4 Å². The lowest BCUT2D eigenvalue weighted by Gasteiger charge is -2.37. The maximum absolute atomic E-state index is 14.2. The van der Waals surface area contributed by atoms with Crippen molar-refractivity contribution in [3.05, 3.63) is 59.2 Å². The van der Waals surface area contributed by atoms with E-state index >= 15 is 0 Å². The molecule has 2 rings (SSSR count). The number of carbonyl (C=O) groups is 2. The molecule has 3 atom stereocenters. The summed E-state index contributed by atoms with van der Waals surface area (Å²) in [7, 11) is -2.22. The number of hydrogen-bond donors (Lipinski definition) is 0. The molecule has 0 spiro atoms. The average molecular weight is 416 g/mol. The zero-order valence-corrected chi connectivity index (χ0v) is 19.3. The Hall–Kier alpha value is -1.77. The summed E-state index contributed by atoms with van der Waals surface area (Å²) in [6.45, 7) is 10.3. The molecule has 0 N–H and O–H groups in total. The van der Waals surface area contributed by atoms with Crippen LogP contribution in [0.2, 0.25) is 0 Å². The second-order valence-electron chi connectivity index (χ2n) is 8.85. The van der Waals surface area contributed by atoms with Crippen LogP contribution in [0.5, 0.6) is 0 Å². The average Bonchev–Trinajstić information content (AvgIpc) is 2.64. The lowest BCUT2D eigenvalue weighted by atomic mass is 9.71. The normalized spacial score (nSPS) is 21.5. The molecule has 158 valence electrons. The molecule has 0 radical (unpaired) electrons. The van der Waals surface area contributed by atoms with Crippen molar-refractivity contribution in [2.45, 2.75) is 41.0 Å². The summed E-state index contributed by atoms with van der Waals surface area (Å²) in [4.78, 5) is 27.2. The van der Waals surface area contributed by atoms with Crippen molar-refractivity contribution >= 4 is 18.2 Å². The van der Waals surface area contributed by atoms with E-state index in [9.17, 15) is 14.2 Å². The molecule has 1 aliphatic rings. The summed E-state index contributed by atoms with van der Waals surface area (Å²) in [5.41, 5.74) is 0.841. The van der Waals surface area contributed by atoms with Crippen molar-refractivity contribution in [1.29, 1.82) is 0 Å². The molecule has 1 aliphatic carbocycles. The van der Waals surface area contributed by atoms with Crippen LogP contribution in [0.3, 0.4) is 0 Å². The Balaban J connectivity index is 2.49. The van der Waals surface area contributed by atoms with Gasteiger partial charge in [0.15, 0.2) is 0 Å². The fourth-order valence-electron chi connectivity index (χ4n) is 4.37. The molecule has 1 aromatic carbocycles. The predicted octanol–water partition coefficient (Wildman–Crippen LogP) is 5.94. The first-order valence-electron chi connectivity index (χ1n) is 10.1. The first-order valence-corrected chi connectivity index (χ1v) is 12.0. The number of hydrogen-bond acceptors (Lipinski definition) is 4. The van der Waals surface area contributed by atoms with Crippen molar-refractivity contribution in [3.8, 4) is 0 Å². The molecule has 29 heavy (non-hydrogen) atoms. The third kappa shape index (κ3) is 5.24. The van der Waals surface area contributed by atoms with Crippen molar-refractivity contribution in [2.75, 3.05) is 19.9 Å². The van der Waals surface area contributed by atoms with Gasteiger partial charge in [0.2, 0.25) is 18.2 Å². The minimum absolute atomic E-state index is 0.0642. The zero-order valence-electron chi connectivity index (χ0n) is 18.4. The van der Waals surface area contributed by atoms with E-state index in [1.807, 2.05) is 46.8 Å². The number of methoxy groups -OCH3 is 1.